The molecule has 1 aliphatic rings. The van der Waals surface area contributed by atoms with Gasteiger partial charge in [0.25, 0.3) is 0 Å². The van der Waals surface area contributed by atoms with Gasteiger partial charge in [0.2, 0.25) is 0 Å². The zero-order valence-electron chi connectivity index (χ0n) is 12.2. The number of halogens is 1. The number of benzene rings is 1. The first-order valence-electron chi connectivity index (χ1n) is 7.41. The summed E-state index contributed by atoms with van der Waals surface area (Å²) in [6.07, 6.45) is 3.59. The van der Waals surface area contributed by atoms with Crippen LogP contribution >= 0.6 is 0 Å². The summed E-state index contributed by atoms with van der Waals surface area (Å²) >= 11 is 0. The lowest BCUT2D eigenvalue weighted by atomic mass is 10.1. The third-order valence-corrected chi connectivity index (χ3v) is 3.54. The van der Waals surface area contributed by atoms with Gasteiger partial charge < -0.3 is 10.2 Å². The van der Waals surface area contributed by atoms with Crippen LogP contribution in [0.4, 0.5) is 10.1 Å². The lowest BCUT2D eigenvalue weighted by molar-refractivity contribution is 0.551. The highest BCUT2D eigenvalue weighted by Crippen LogP contribution is 2.34. The minimum absolute atomic E-state index is 0.0904. The molecule has 0 atom stereocenters. The molecule has 0 spiro atoms. The van der Waals surface area contributed by atoms with Gasteiger partial charge >= 0.3 is 0 Å². The lowest BCUT2D eigenvalue weighted by Crippen LogP contribution is -2.30. The fraction of sp³-hybridized carbons (Fsp3) is 0.625. The van der Waals surface area contributed by atoms with Crippen LogP contribution in [0, 0.1) is 5.82 Å². The molecule has 1 aromatic carbocycles. The molecule has 1 aromatic rings. The molecule has 0 saturated heterocycles. The lowest BCUT2D eigenvalue weighted by Gasteiger charge is -2.27. The Morgan fingerprint density at radius 2 is 2.11 bits per heavy atom. The summed E-state index contributed by atoms with van der Waals surface area (Å²) in [5.74, 6) is -0.0904. The van der Waals surface area contributed by atoms with Crippen LogP contribution in [0.1, 0.15) is 45.6 Å². The summed E-state index contributed by atoms with van der Waals surface area (Å²) in [4.78, 5) is 2.39. The second-order valence-electron chi connectivity index (χ2n) is 5.70. The van der Waals surface area contributed by atoms with Gasteiger partial charge in [0.1, 0.15) is 5.82 Å². The molecule has 3 heteroatoms. The van der Waals surface area contributed by atoms with E-state index < -0.39 is 0 Å². The smallest absolute Gasteiger partial charge is 0.129 e. The molecule has 0 amide bonds. The van der Waals surface area contributed by atoms with Crippen molar-refractivity contribution >= 4 is 5.69 Å². The summed E-state index contributed by atoms with van der Waals surface area (Å²) in [6.45, 7) is 7.98. The Hall–Kier alpha value is -1.09. The number of hydrogen-bond acceptors (Lipinski definition) is 2. The minimum Gasteiger partial charge on any atom is -0.368 e. The fourth-order valence-corrected chi connectivity index (χ4v) is 2.42. The third-order valence-electron chi connectivity index (χ3n) is 3.54. The van der Waals surface area contributed by atoms with Crippen LogP contribution in [0.5, 0.6) is 0 Å². The molecule has 0 unspecified atom stereocenters. The van der Waals surface area contributed by atoms with Gasteiger partial charge in [-0.15, -0.1) is 0 Å². The average molecular weight is 264 g/mol. The van der Waals surface area contributed by atoms with Crippen LogP contribution < -0.4 is 10.2 Å². The van der Waals surface area contributed by atoms with Crippen molar-refractivity contribution in [1.29, 1.82) is 0 Å². The van der Waals surface area contributed by atoms with Crippen molar-refractivity contribution in [2.75, 3.05) is 11.4 Å². The van der Waals surface area contributed by atoms with Crippen molar-refractivity contribution in [1.82, 2.24) is 5.32 Å². The van der Waals surface area contributed by atoms with Gasteiger partial charge in [0.05, 0.1) is 0 Å². The molecule has 19 heavy (non-hydrogen) atoms. The van der Waals surface area contributed by atoms with E-state index in [0.29, 0.717) is 18.6 Å². The Kier molecular flexibility index (Phi) is 4.81. The molecule has 2 rings (SSSR count). The van der Waals surface area contributed by atoms with E-state index in [2.05, 4.69) is 37.1 Å². The number of nitrogens with zero attached hydrogens (tertiary/aromatic N) is 1. The van der Waals surface area contributed by atoms with Crippen LogP contribution in [0.15, 0.2) is 18.2 Å². The molecule has 0 aliphatic heterocycles. The molecule has 0 bridgehead atoms. The van der Waals surface area contributed by atoms with Gasteiger partial charge in [-0.1, -0.05) is 26.8 Å². The molecule has 1 fully saturated rings. The van der Waals surface area contributed by atoms with Crippen LogP contribution in [0.25, 0.3) is 0 Å². The Bertz CT molecular complexity index is 413. The molecule has 1 aliphatic carbocycles. The first kappa shape index (κ1) is 14.3. The molecule has 1 N–H and O–H groups in total. The van der Waals surface area contributed by atoms with E-state index in [-0.39, 0.29) is 5.82 Å². The molecule has 0 heterocycles. The largest absolute Gasteiger partial charge is 0.368 e. The van der Waals surface area contributed by atoms with Gasteiger partial charge in [-0.2, -0.15) is 0 Å². The van der Waals surface area contributed by atoms with Crippen LogP contribution in [-0.2, 0) is 6.54 Å². The first-order chi connectivity index (χ1) is 9.13. The first-order valence-corrected chi connectivity index (χ1v) is 7.41. The Balaban J connectivity index is 2.24. The Morgan fingerprint density at radius 1 is 1.37 bits per heavy atom. The van der Waals surface area contributed by atoms with Crippen molar-refractivity contribution in [3.8, 4) is 0 Å². The number of hydrogen-bond donors (Lipinski definition) is 1. The van der Waals surface area contributed by atoms with E-state index >= 15 is 0 Å². The zero-order valence-corrected chi connectivity index (χ0v) is 12.2. The van der Waals surface area contributed by atoms with Gasteiger partial charge in [0, 0.05) is 36.4 Å². The van der Waals surface area contributed by atoms with E-state index in [1.807, 2.05) is 6.07 Å². The Morgan fingerprint density at radius 3 is 2.68 bits per heavy atom. The van der Waals surface area contributed by atoms with Gasteiger partial charge in [-0.3, -0.25) is 0 Å². The monoisotopic (exact) mass is 264 g/mol. The van der Waals surface area contributed by atoms with Crippen molar-refractivity contribution in [3.05, 3.63) is 29.6 Å². The van der Waals surface area contributed by atoms with E-state index in [9.17, 15) is 4.39 Å². The molecule has 0 radical (unpaired) electrons. The molecule has 1 saturated carbocycles. The highest BCUT2D eigenvalue weighted by atomic mass is 19.1. The number of nitrogens with one attached hydrogen (secondary N) is 1. The summed E-state index contributed by atoms with van der Waals surface area (Å²) in [5, 5.41) is 3.33. The molecule has 0 aromatic heterocycles. The summed E-state index contributed by atoms with van der Waals surface area (Å²) in [5.41, 5.74) is 1.90. The van der Waals surface area contributed by atoms with Gasteiger partial charge in [0.15, 0.2) is 0 Å². The van der Waals surface area contributed by atoms with Crippen molar-refractivity contribution in [2.45, 2.75) is 58.7 Å². The molecule has 106 valence electrons. The standard InChI is InChI=1S/C16H25FN2/c1-4-10-19(13-8-9-13)16-7-5-6-15(17)14(16)11-18-12(2)3/h5-7,12-13,18H,4,8-11H2,1-3H3. The normalized spacial score (nSPS) is 15.0. The fourth-order valence-electron chi connectivity index (χ4n) is 2.42. The maximum atomic E-state index is 14.1. The predicted octanol–water partition coefficient (Wildman–Crippen LogP) is 3.70. The quantitative estimate of drug-likeness (QED) is 0.807. The second-order valence-corrected chi connectivity index (χ2v) is 5.70. The van der Waals surface area contributed by atoms with E-state index in [1.54, 1.807) is 6.07 Å². The van der Waals surface area contributed by atoms with E-state index in [0.717, 1.165) is 24.2 Å². The van der Waals surface area contributed by atoms with Crippen LogP contribution in [-0.4, -0.2) is 18.6 Å². The average Bonchev–Trinajstić information content (AvgIpc) is 3.18. The molecule has 2 nitrogen and oxygen atoms in total. The third kappa shape index (κ3) is 3.69. The SMILES string of the molecule is CCCN(c1cccc(F)c1CNC(C)C)C1CC1. The Labute approximate surface area is 116 Å². The van der Waals surface area contributed by atoms with E-state index in [1.165, 1.54) is 12.8 Å². The summed E-state index contributed by atoms with van der Waals surface area (Å²) in [7, 11) is 0. The number of rotatable bonds is 7. The van der Waals surface area contributed by atoms with Crippen molar-refractivity contribution < 1.29 is 4.39 Å². The maximum Gasteiger partial charge on any atom is 0.129 e. The molecular formula is C16H25FN2. The highest BCUT2D eigenvalue weighted by Gasteiger charge is 2.30. The maximum absolute atomic E-state index is 14.1. The second kappa shape index (κ2) is 6.38. The molecular weight excluding hydrogens is 239 g/mol. The van der Waals surface area contributed by atoms with Crippen molar-refractivity contribution in [2.24, 2.45) is 0 Å². The highest BCUT2D eigenvalue weighted by molar-refractivity contribution is 5.56. The van der Waals surface area contributed by atoms with Gasteiger partial charge in [-0.25, -0.2) is 4.39 Å². The van der Waals surface area contributed by atoms with Crippen molar-refractivity contribution in [3.63, 3.8) is 0 Å². The van der Waals surface area contributed by atoms with Gasteiger partial charge in [-0.05, 0) is 31.4 Å². The van der Waals surface area contributed by atoms with E-state index in [4.69, 9.17) is 0 Å². The minimum atomic E-state index is -0.0904. The zero-order chi connectivity index (χ0) is 13.8. The van der Waals surface area contributed by atoms with Crippen LogP contribution in [0.3, 0.4) is 0 Å². The number of anilines is 1. The topological polar surface area (TPSA) is 15.3 Å². The predicted molar refractivity (Wildman–Crippen MR) is 79.0 cm³/mol. The van der Waals surface area contributed by atoms with Crippen LogP contribution in [0.2, 0.25) is 0 Å². The summed E-state index contributed by atoms with van der Waals surface area (Å²) in [6, 6.07) is 6.45. The summed E-state index contributed by atoms with van der Waals surface area (Å²) < 4.78 is 14.1.